The standard InChI is InChI=1S/C16H18ClNS/c1-11-4-7-14(10-16(11)17)18-12(2)13-5-8-15(19-3)9-6-13/h4-10,12,18H,1-3H3. The van der Waals surface area contributed by atoms with Crippen LogP contribution in [0.5, 0.6) is 0 Å². The second kappa shape index (κ2) is 6.36. The number of thioether (sulfide) groups is 1. The average molecular weight is 292 g/mol. The van der Waals surface area contributed by atoms with Gasteiger partial charge in [0.2, 0.25) is 0 Å². The highest BCUT2D eigenvalue weighted by Crippen LogP contribution is 2.25. The van der Waals surface area contributed by atoms with Crippen LogP contribution in [0.25, 0.3) is 0 Å². The Morgan fingerprint density at radius 1 is 1.11 bits per heavy atom. The van der Waals surface area contributed by atoms with E-state index in [2.05, 4.69) is 48.8 Å². The number of aryl methyl sites for hydroxylation is 1. The summed E-state index contributed by atoms with van der Waals surface area (Å²) in [5.41, 5.74) is 3.43. The van der Waals surface area contributed by atoms with Gasteiger partial charge in [-0.2, -0.15) is 0 Å². The van der Waals surface area contributed by atoms with E-state index in [9.17, 15) is 0 Å². The predicted octanol–water partition coefficient (Wildman–Crippen LogP) is 5.54. The summed E-state index contributed by atoms with van der Waals surface area (Å²) in [6.07, 6.45) is 2.09. The molecule has 0 amide bonds. The van der Waals surface area contributed by atoms with Crippen LogP contribution in [0, 0.1) is 6.92 Å². The minimum atomic E-state index is 0.259. The molecule has 0 aliphatic carbocycles. The fraction of sp³-hybridized carbons (Fsp3) is 0.250. The minimum absolute atomic E-state index is 0.259. The maximum Gasteiger partial charge on any atom is 0.0485 e. The minimum Gasteiger partial charge on any atom is -0.378 e. The summed E-state index contributed by atoms with van der Waals surface area (Å²) >= 11 is 7.90. The summed E-state index contributed by atoms with van der Waals surface area (Å²) in [5, 5.41) is 4.27. The number of hydrogen-bond acceptors (Lipinski definition) is 2. The largest absolute Gasteiger partial charge is 0.378 e. The Bertz CT molecular complexity index is 551. The van der Waals surface area contributed by atoms with Crippen LogP contribution in [0.1, 0.15) is 24.1 Å². The summed E-state index contributed by atoms with van der Waals surface area (Å²) in [6, 6.07) is 15.0. The first kappa shape index (κ1) is 14.3. The normalized spacial score (nSPS) is 12.2. The topological polar surface area (TPSA) is 12.0 Å². The first-order valence-electron chi connectivity index (χ1n) is 6.27. The van der Waals surface area contributed by atoms with E-state index in [1.54, 1.807) is 11.8 Å². The summed E-state index contributed by atoms with van der Waals surface area (Å²) in [5.74, 6) is 0. The number of benzene rings is 2. The molecule has 0 saturated heterocycles. The second-order valence-electron chi connectivity index (χ2n) is 4.60. The highest BCUT2D eigenvalue weighted by Gasteiger charge is 2.06. The number of nitrogens with one attached hydrogen (secondary N) is 1. The van der Waals surface area contributed by atoms with Gasteiger partial charge in [-0.1, -0.05) is 29.8 Å². The molecule has 2 rings (SSSR count). The van der Waals surface area contributed by atoms with Gasteiger partial charge in [-0.25, -0.2) is 0 Å². The molecule has 1 atom stereocenters. The molecule has 2 aromatic carbocycles. The smallest absolute Gasteiger partial charge is 0.0485 e. The van der Waals surface area contributed by atoms with Crippen LogP contribution in [0.2, 0.25) is 5.02 Å². The van der Waals surface area contributed by atoms with Gasteiger partial charge >= 0.3 is 0 Å². The van der Waals surface area contributed by atoms with Crippen LogP contribution in [-0.2, 0) is 0 Å². The molecule has 0 spiro atoms. The van der Waals surface area contributed by atoms with Crippen LogP contribution in [0.3, 0.4) is 0 Å². The van der Waals surface area contributed by atoms with Crippen LogP contribution >= 0.6 is 23.4 Å². The van der Waals surface area contributed by atoms with E-state index >= 15 is 0 Å². The van der Waals surface area contributed by atoms with Crippen LogP contribution in [0.4, 0.5) is 5.69 Å². The molecule has 0 bridgehead atoms. The van der Waals surface area contributed by atoms with Gasteiger partial charge in [-0.15, -0.1) is 11.8 Å². The third-order valence-electron chi connectivity index (χ3n) is 3.17. The predicted molar refractivity (Wildman–Crippen MR) is 86.4 cm³/mol. The Balaban J connectivity index is 2.10. The lowest BCUT2D eigenvalue weighted by Crippen LogP contribution is -2.06. The van der Waals surface area contributed by atoms with Gasteiger partial charge in [-0.05, 0) is 55.5 Å². The molecule has 0 heterocycles. The van der Waals surface area contributed by atoms with Crippen molar-refractivity contribution >= 4 is 29.1 Å². The van der Waals surface area contributed by atoms with Crippen molar-refractivity contribution in [2.75, 3.05) is 11.6 Å². The molecular formula is C16H18ClNS. The summed E-state index contributed by atoms with van der Waals surface area (Å²) in [7, 11) is 0. The maximum atomic E-state index is 6.14. The highest BCUT2D eigenvalue weighted by molar-refractivity contribution is 7.98. The molecule has 1 unspecified atom stereocenters. The maximum absolute atomic E-state index is 6.14. The zero-order valence-corrected chi connectivity index (χ0v) is 13.0. The van der Waals surface area contributed by atoms with Gasteiger partial charge in [-0.3, -0.25) is 0 Å². The highest BCUT2D eigenvalue weighted by atomic mass is 35.5. The third-order valence-corrected chi connectivity index (χ3v) is 4.32. The molecule has 0 aromatic heterocycles. The molecule has 3 heteroatoms. The van der Waals surface area contributed by atoms with E-state index in [0.29, 0.717) is 0 Å². The van der Waals surface area contributed by atoms with Crippen LogP contribution in [-0.4, -0.2) is 6.26 Å². The zero-order chi connectivity index (χ0) is 13.8. The van der Waals surface area contributed by atoms with Crippen LogP contribution < -0.4 is 5.32 Å². The molecule has 0 aliphatic heterocycles. The number of rotatable bonds is 4. The van der Waals surface area contributed by atoms with Crippen molar-refractivity contribution in [2.45, 2.75) is 24.8 Å². The molecule has 0 aliphatic rings. The Morgan fingerprint density at radius 2 is 1.79 bits per heavy atom. The number of halogens is 1. The van der Waals surface area contributed by atoms with E-state index in [1.807, 2.05) is 19.1 Å². The van der Waals surface area contributed by atoms with E-state index < -0.39 is 0 Å². The number of anilines is 1. The Labute approximate surface area is 124 Å². The monoisotopic (exact) mass is 291 g/mol. The van der Waals surface area contributed by atoms with Crippen LogP contribution in [0.15, 0.2) is 47.4 Å². The summed E-state index contributed by atoms with van der Waals surface area (Å²) in [6.45, 7) is 4.17. The lowest BCUT2D eigenvalue weighted by Gasteiger charge is -2.16. The van der Waals surface area contributed by atoms with Gasteiger partial charge < -0.3 is 5.32 Å². The molecule has 1 nitrogen and oxygen atoms in total. The van der Waals surface area contributed by atoms with E-state index in [4.69, 9.17) is 11.6 Å². The lowest BCUT2D eigenvalue weighted by atomic mass is 10.1. The quantitative estimate of drug-likeness (QED) is 0.742. The molecule has 0 fully saturated rings. The first-order valence-corrected chi connectivity index (χ1v) is 7.87. The van der Waals surface area contributed by atoms with Crippen molar-refractivity contribution in [3.63, 3.8) is 0 Å². The fourth-order valence-corrected chi connectivity index (χ4v) is 2.50. The third kappa shape index (κ3) is 3.68. The van der Waals surface area contributed by atoms with Crippen molar-refractivity contribution in [1.82, 2.24) is 0 Å². The molecule has 0 radical (unpaired) electrons. The van der Waals surface area contributed by atoms with Gasteiger partial charge in [0.05, 0.1) is 0 Å². The zero-order valence-electron chi connectivity index (χ0n) is 11.4. The van der Waals surface area contributed by atoms with Crippen molar-refractivity contribution in [1.29, 1.82) is 0 Å². The van der Waals surface area contributed by atoms with E-state index in [-0.39, 0.29) is 6.04 Å². The first-order chi connectivity index (χ1) is 9.10. The molecule has 19 heavy (non-hydrogen) atoms. The fourth-order valence-electron chi connectivity index (χ4n) is 1.91. The Morgan fingerprint density at radius 3 is 2.37 bits per heavy atom. The molecule has 2 aromatic rings. The Hall–Kier alpha value is -1.12. The average Bonchev–Trinajstić information content (AvgIpc) is 2.43. The van der Waals surface area contributed by atoms with Crippen molar-refractivity contribution in [3.05, 3.63) is 58.6 Å². The SMILES string of the molecule is CSc1ccc(C(C)Nc2ccc(C)c(Cl)c2)cc1. The van der Waals surface area contributed by atoms with Crippen molar-refractivity contribution in [3.8, 4) is 0 Å². The molecular weight excluding hydrogens is 274 g/mol. The second-order valence-corrected chi connectivity index (χ2v) is 5.89. The van der Waals surface area contributed by atoms with Gasteiger partial charge in [0.15, 0.2) is 0 Å². The lowest BCUT2D eigenvalue weighted by molar-refractivity contribution is 0.882. The number of hydrogen-bond donors (Lipinski definition) is 1. The van der Waals surface area contributed by atoms with Gasteiger partial charge in [0.1, 0.15) is 0 Å². The van der Waals surface area contributed by atoms with E-state index in [0.717, 1.165) is 16.3 Å². The summed E-state index contributed by atoms with van der Waals surface area (Å²) < 4.78 is 0. The molecule has 100 valence electrons. The van der Waals surface area contributed by atoms with Gasteiger partial charge in [0, 0.05) is 21.6 Å². The Kier molecular flexibility index (Phi) is 4.78. The van der Waals surface area contributed by atoms with Crippen molar-refractivity contribution < 1.29 is 0 Å². The van der Waals surface area contributed by atoms with E-state index in [1.165, 1.54) is 10.5 Å². The summed E-state index contributed by atoms with van der Waals surface area (Å²) in [4.78, 5) is 1.29. The van der Waals surface area contributed by atoms with Crippen molar-refractivity contribution in [2.24, 2.45) is 0 Å². The van der Waals surface area contributed by atoms with Gasteiger partial charge in [0.25, 0.3) is 0 Å². The molecule has 0 saturated carbocycles. The molecule has 1 N–H and O–H groups in total.